The first-order valence-electron chi connectivity index (χ1n) is 6.63. The average molecular weight is 311 g/mol. The van der Waals surface area contributed by atoms with Crippen molar-refractivity contribution in [1.29, 1.82) is 0 Å². The van der Waals surface area contributed by atoms with E-state index in [1.54, 1.807) is 26.8 Å². The topological polar surface area (TPSA) is 94.1 Å². The van der Waals surface area contributed by atoms with Crippen LogP contribution in [0.15, 0.2) is 12.1 Å². The van der Waals surface area contributed by atoms with Crippen LogP contribution >= 0.6 is 0 Å². The van der Waals surface area contributed by atoms with E-state index >= 15 is 0 Å². The molecule has 122 valence electrons. The molecule has 0 atom stereocenters. The van der Waals surface area contributed by atoms with Crippen molar-refractivity contribution in [1.82, 2.24) is 0 Å². The number of carbonyl (C=O) groups excluding carboxylic acids is 1. The third-order valence-corrected chi connectivity index (χ3v) is 2.53. The van der Waals surface area contributed by atoms with Gasteiger partial charge in [-0.3, -0.25) is 10.1 Å². The summed E-state index contributed by atoms with van der Waals surface area (Å²) in [5, 5.41) is 11.4. The van der Waals surface area contributed by atoms with Gasteiger partial charge < -0.3 is 19.3 Å². The molecular formula is C15H21NO6. The Morgan fingerprint density at radius 3 is 2.27 bits per heavy atom. The molecule has 7 nitrogen and oxygen atoms in total. The standard InChI is InChI=1S/C15H21NO6/c1-15(2,3)22-14(19)16-10-6-9(8-12(17)18)7-11(20-4)13(10)21-5/h6-7H,8H2,1-5H3,(H,16,19)(H,17,18). The van der Waals surface area contributed by atoms with Crippen LogP contribution in [0.3, 0.4) is 0 Å². The fraction of sp³-hybridized carbons (Fsp3) is 0.467. The van der Waals surface area contributed by atoms with Crippen molar-refractivity contribution in [2.75, 3.05) is 19.5 Å². The maximum absolute atomic E-state index is 11.9. The lowest BCUT2D eigenvalue weighted by Gasteiger charge is -2.21. The first-order valence-corrected chi connectivity index (χ1v) is 6.63. The lowest BCUT2D eigenvalue weighted by Crippen LogP contribution is -2.27. The first-order chi connectivity index (χ1) is 10.2. The molecule has 1 aromatic rings. The number of nitrogens with one attached hydrogen (secondary N) is 1. The minimum Gasteiger partial charge on any atom is -0.493 e. The summed E-state index contributed by atoms with van der Waals surface area (Å²) in [6.07, 6.45) is -0.871. The maximum atomic E-state index is 11.9. The quantitative estimate of drug-likeness (QED) is 0.868. The highest BCUT2D eigenvalue weighted by molar-refractivity contribution is 5.88. The van der Waals surface area contributed by atoms with Gasteiger partial charge in [0.05, 0.1) is 26.3 Å². The smallest absolute Gasteiger partial charge is 0.412 e. The molecule has 0 bridgehead atoms. The number of hydrogen-bond acceptors (Lipinski definition) is 5. The summed E-state index contributed by atoms with van der Waals surface area (Å²) >= 11 is 0. The molecule has 0 aliphatic heterocycles. The number of carbonyl (C=O) groups is 2. The zero-order valence-corrected chi connectivity index (χ0v) is 13.4. The minimum atomic E-state index is -0.990. The van der Waals surface area contributed by atoms with E-state index in [9.17, 15) is 9.59 Å². The molecule has 0 heterocycles. The van der Waals surface area contributed by atoms with Gasteiger partial charge in [-0.1, -0.05) is 0 Å². The van der Waals surface area contributed by atoms with Crippen LogP contribution < -0.4 is 14.8 Å². The van der Waals surface area contributed by atoms with Crippen LogP contribution in [0, 0.1) is 0 Å². The number of methoxy groups -OCH3 is 2. The van der Waals surface area contributed by atoms with Crippen LogP contribution in [0.25, 0.3) is 0 Å². The van der Waals surface area contributed by atoms with Gasteiger partial charge in [0.15, 0.2) is 11.5 Å². The number of aliphatic carboxylic acids is 1. The second kappa shape index (κ2) is 7.02. The van der Waals surface area contributed by atoms with E-state index < -0.39 is 17.7 Å². The molecule has 2 N–H and O–H groups in total. The van der Waals surface area contributed by atoms with Crippen LogP contribution in [0.2, 0.25) is 0 Å². The Labute approximate surface area is 129 Å². The lowest BCUT2D eigenvalue weighted by atomic mass is 10.1. The number of carboxylic acid groups (broad SMARTS) is 1. The highest BCUT2D eigenvalue weighted by Gasteiger charge is 2.20. The normalized spacial score (nSPS) is 10.8. The van der Waals surface area contributed by atoms with Crippen molar-refractivity contribution < 1.29 is 28.9 Å². The summed E-state index contributed by atoms with van der Waals surface area (Å²) in [4.78, 5) is 22.7. The molecule has 0 saturated heterocycles. The predicted molar refractivity (Wildman–Crippen MR) is 80.7 cm³/mol. The summed E-state index contributed by atoms with van der Waals surface area (Å²) < 4.78 is 15.6. The van der Waals surface area contributed by atoms with Gasteiger partial charge in [-0.05, 0) is 38.5 Å². The van der Waals surface area contributed by atoms with Crippen LogP contribution in [0.5, 0.6) is 11.5 Å². The van der Waals surface area contributed by atoms with E-state index in [0.29, 0.717) is 17.1 Å². The fourth-order valence-corrected chi connectivity index (χ4v) is 1.80. The average Bonchev–Trinajstić information content (AvgIpc) is 2.34. The SMILES string of the molecule is COc1cc(CC(=O)O)cc(NC(=O)OC(C)(C)C)c1OC. The Morgan fingerprint density at radius 1 is 1.18 bits per heavy atom. The van der Waals surface area contributed by atoms with Crippen LogP contribution in [0.1, 0.15) is 26.3 Å². The van der Waals surface area contributed by atoms with Crippen LogP contribution in [0.4, 0.5) is 10.5 Å². The second-order valence-corrected chi connectivity index (χ2v) is 5.58. The maximum Gasteiger partial charge on any atom is 0.412 e. The number of hydrogen-bond donors (Lipinski definition) is 2. The molecule has 1 aromatic carbocycles. The molecule has 0 aliphatic carbocycles. The number of anilines is 1. The number of rotatable bonds is 5. The van der Waals surface area contributed by atoms with Crippen molar-refractivity contribution in [3.05, 3.63) is 17.7 Å². The Hall–Kier alpha value is -2.44. The molecule has 1 amide bonds. The molecule has 0 saturated carbocycles. The number of amides is 1. The van der Waals surface area contributed by atoms with Gasteiger partial charge in [0.25, 0.3) is 0 Å². The zero-order chi connectivity index (χ0) is 16.9. The third-order valence-electron chi connectivity index (χ3n) is 2.53. The van der Waals surface area contributed by atoms with E-state index in [1.807, 2.05) is 0 Å². The van der Waals surface area contributed by atoms with Gasteiger partial charge in [0, 0.05) is 0 Å². The summed E-state index contributed by atoms with van der Waals surface area (Å²) in [6, 6.07) is 3.06. The van der Waals surface area contributed by atoms with E-state index in [-0.39, 0.29) is 12.1 Å². The Morgan fingerprint density at radius 2 is 1.82 bits per heavy atom. The predicted octanol–water partition coefficient (Wildman–Crippen LogP) is 2.68. The van der Waals surface area contributed by atoms with Gasteiger partial charge in [-0.15, -0.1) is 0 Å². The summed E-state index contributed by atoms with van der Waals surface area (Å²) in [5.41, 5.74) is 0.101. The monoisotopic (exact) mass is 311 g/mol. The molecule has 0 aromatic heterocycles. The summed E-state index contributed by atoms with van der Waals surface area (Å²) in [5.74, 6) is -0.370. The summed E-state index contributed by atoms with van der Waals surface area (Å²) in [7, 11) is 2.86. The van der Waals surface area contributed by atoms with E-state index in [1.165, 1.54) is 20.3 Å². The molecule has 0 aliphatic rings. The Balaban J connectivity index is 3.14. The highest BCUT2D eigenvalue weighted by atomic mass is 16.6. The van der Waals surface area contributed by atoms with Crippen molar-refractivity contribution in [3.63, 3.8) is 0 Å². The molecule has 22 heavy (non-hydrogen) atoms. The fourth-order valence-electron chi connectivity index (χ4n) is 1.80. The number of benzene rings is 1. The van der Waals surface area contributed by atoms with Crippen molar-refractivity contribution in [2.24, 2.45) is 0 Å². The molecule has 0 fully saturated rings. The molecular weight excluding hydrogens is 290 g/mol. The third kappa shape index (κ3) is 5.16. The van der Waals surface area contributed by atoms with Gasteiger partial charge >= 0.3 is 12.1 Å². The van der Waals surface area contributed by atoms with Gasteiger partial charge in [-0.25, -0.2) is 4.79 Å². The molecule has 0 radical (unpaired) electrons. The minimum absolute atomic E-state index is 0.205. The molecule has 0 spiro atoms. The Bertz CT molecular complexity index is 562. The van der Waals surface area contributed by atoms with Crippen LogP contribution in [-0.4, -0.2) is 37.0 Å². The van der Waals surface area contributed by atoms with Crippen molar-refractivity contribution in [2.45, 2.75) is 32.8 Å². The molecule has 7 heteroatoms. The lowest BCUT2D eigenvalue weighted by molar-refractivity contribution is -0.136. The summed E-state index contributed by atoms with van der Waals surface area (Å²) in [6.45, 7) is 5.22. The van der Waals surface area contributed by atoms with E-state index in [4.69, 9.17) is 19.3 Å². The zero-order valence-electron chi connectivity index (χ0n) is 13.4. The van der Waals surface area contributed by atoms with Gasteiger partial charge in [0.1, 0.15) is 5.60 Å². The first kappa shape index (κ1) is 17.6. The Kier molecular flexibility index (Phi) is 5.62. The number of carboxylic acids is 1. The number of ether oxygens (including phenoxy) is 3. The largest absolute Gasteiger partial charge is 0.493 e. The highest BCUT2D eigenvalue weighted by Crippen LogP contribution is 2.37. The van der Waals surface area contributed by atoms with Gasteiger partial charge in [-0.2, -0.15) is 0 Å². The van der Waals surface area contributed by atoms with Crippen LogP contribution in [-0.2, 0) is 16.0 Å². The second-order valence-electron chi connectivity index (χ2n) is 5.58. The van der Waals surface area contributed by atoms with Crippen molar-refractivity contribution >= 4 is 17.7 Å². The van der Waals surface area contributed by atoms with E-state index in [2.05, 4.69) is 5.32 Å². The van der Waals surface area contributed by atoms with E-state index in [0.717, 1.165) is 0 Å². The molecule has 1 rings (SSSR count). The van der Waals surface area contributed by atoms with Crippen molar-refractivity contribution in [3.8, 4) is 11.5 Å². The molecule has 0 unspecified atom stereocenters. The van der Waals surface area contributed by atoms with Gasteiger partial charge in [0.2, 0.25) is 0 Å².